The molecular weight excluding hydrogens is 176 g/mol. The Morgan fingerprint density at radius 1 is 1.50 bits per heavy atom. The summed E-state index contributed by atoms with van der Waals surface area (Å²) in [5.41, 5.74) is 5.99. The number of aliphatic hydroxyl groups is 1. The van der Waals surface area contributed by atoms with Crippen LogP contribution in [0.4, 0.5) is 0 Å². The van der Waals surface area contributed by atoms with Crippen LogP contribution in [0, 0.1) is 0 Å². The standard InChI is InChI=1S/C11H24N2O/c1-3-4-10(6-8-14)13-7-5-11(12)9(13)2/h9-11,14H,3-8,12H2,1-2H3/t9?,10?,11-/m0/s1. The van der Waals surface area contributed by atoms with Crippen LogP contribution < -0.4 is 5.73 Å². The molecule has 1 saturated heterocycles. The Labute approximate surface area is 87.3 Å². The van der Waals surface area contributed by atoms with Crippen molar-refractivity contribution in [2.75, 3.05) is 13.2 Å². The fourth-order valence-corrected chi connectivity index (χ4v) is 2.46. The van der Waals surface area contributed by atoms with E-state index in [4.69, 9.17) is 10.8 Å². The number of rotatable bonds is 5. The number of aliphatic hydroxyl groups excluding tert-OH is 1. The first-order chi connectivity index (χ1) is 6.70. The van der Waals surface area contributed by atoms with Gasteiger partial charge in [0.05, 0.1) is 0 Å². The molecule has 3 atom stereocenters. The maximum atomic E-state index is 9.02. The average Bonchev–Trinajstić information content (AvgIpc) is 2.48. The molecule has 0 spiro atoms. The lowest BCUT2D eigenvalue weighted by Gasteiger charge is -2.31. The molecule has 1 rings (SSSR count). The Kier molecular flexibility index (Phi) is 4.85. The average molecular weight is 200 g/mol. The molecule has 2 unspecified atom stereocenters. The molecule has 0 aromatic heterocycles. The molecule has 1 fully saturated rings. The summed E-state index contributed by atoms with van der Waals surface area (Å²) in [4.78, 5) is 2.48. The van der Waals surface area contributed by atoms with E-state index >= 15 is 0 Å². The second-order valence-electron chi connectivity index (χ2n) is 4.39. The molecule has 3 nitrogen and oxygen atoms in total. The normalized spacial score (nSPS) is 30.9. The van der Waals surface area contributed by atoms with Gasteiger partial charge in [-0.3, -0.25) is 4.90 Å². The van der Waals surface area contributed by atoms with Gasteiger partial charge in [-0.1, -0.05) is 13.3 Å². The van der Waals surface area contributed by atoms with E-state index in [0.717, 1.165) is 19.4 Å². The van der Waals surface area contributed by atoms with E-state index < -0.39 is 0 Å². The van der Waals surface area contributed by atoms with E-state index in [0.29, 0.717) is 24.7 Å². The molecule has 0 aromatic carbocycles. The Hall–Kier alpha value is -0.120. The Bertz CT molecular complexity index is 157. The van der Waals surface area contributed by atoms with E-state index in [2.05, 4.69) is 18.7 Å². The zero-order valence-electron chi connectivity index (χ0n) is 9.45. The third-order valence-electron chi connectivity index (χ3n) is 3.42. The van der Waals surface area contributed by atoms with Crippen molar-refractivity contribution in [3.63, 3.8) is 0 Å². The van der Waals surface area contributed by atoms with Gasteiger partial charge in [-0.05, 0) is 26.2 Å². The van der Waals surface area contributed by atoms with E-state index in [1.165, 1.54) is 12.8 Å². The number of nitrogens with two attached hydrogens (primary N) is 1. The quantitative estimate of drug-likeness (QED) is 0.695. The van der Waals surface area contributed by atoms with Gasteiger partial charge >= 0.3 is 0 Å². The fraction of sp³-hybridized carbons (Fsp3) is 1.00. The predicted molar refractivity (Wildman–Crippen MR) is 59.2 cm³/mol. The molecule has 0 aromatic rings. The summed E-state index contributed by atoms with van der Waals surface area (Å²) in [6, 6.07) is 1.35. The van der Waals surface area contributed by atoms with Gasteiger partial charge in [0.1, 0.15) is 0 Å². The first-order valence-electron chi connectivity index (χ1n) is 5.82. The van der Waals surface area contributed by atoms with Gasteiger partial charge in [-0.2, -0.15) is 0 Å². The van der Waals surface area contributed by atoms with Crippen LogP contribution in [0.2, 0.25) is 0 Å². The minimum Gasteiger partial charge on any atom is -0.396 e. The Morgan fingerprint density at radius 3 is 2.64 bits per heavy atom. The lowest BCUT2D eigenvalue weighted by atomic mass is 10.1. The van der Waals surface area contributed by atoms with Crippen LogP contribution in [0.5, 0.6) is 0 Å². The molecule has 1 heterocycles. The van der Waals surface area contributed by atoms with Crippen LogP contribution in [0.3, 0.4) is 0 Å². The molecule has 14 heavy (non-hydrogen) atoms. The third-order valence-corrected chi connectivity index (χ3v) is 3.42. The highest BCUT2D eigenvalue weighted by Crippen LogP contribution is 2.22. The van der Waals surface area contributed by atoms with Crippen molar-refractivity contribution in [1.29, 1.82) is 0 Å². The molecule has 1 aliphatic rings. The van der Waals surface area contributed by atoms with Crippen LogP contribution in [0.15, 0.2) is 0 Å². The maximum Gasteiger partial charge on any atom is 0.0445 e. The van der Waals surface area contributed by atoms with Gasteiger partial charge in [0.15, 0.2) is 0 Å². The van der Waals surface area contributed by atoms with E-state index in [9.17, 15) is 0 Å². The predicted octanol–water partition coefficient (Wildman–Crippen LogP) is 0.959. The topological polar surface area (TPSA) is 49.5 Å². The Balaban J connectivity index is 2.50. The number of likely N-dealkylation sites (tertiary alicyclic amines) is 1. The summed E-state index contributed by atoms with van der Waals surface area (Å²) in [6.45, 7) is 5.80. The van der Waals surface area contributed by atoms with Gasteiger partial charge in [0.25, 0.3) is 0 Å². The molecular formula is C11H24N2O. The van der Waals surface area contributed by atoms with Crippen molar-refractivity contribution in [3.05, 3.63) is 0 Å². The maximum absolute atomic E-state index is 9.02. The molecule has 3 N–H and O–H groups in total. The van der Waals surface area contributed by atoms with Crippen molar-refractivity contribution in [3.8, 4) is 0 Å². The molecule has 0 amide bonds. The highest BCUT2D eigenvalue weighted by atomic mass is 16.3. The molecule has 0 radical (unpaired) electrons. The first-order valence-corrected chi connectivity index (χ1v) is 5.82. The van der Waals surface area contributed by atoms with Crippen LogP contribution in [0.25, 0.3) is 0 Å². The molecule has 0 bridgehead atoms. The van der Waals surface area contributed by atoms with Gasteiger partial charge in [-0.15, -0.1) is 0 Å². The van der Waals surface area contributed by atoms with Crippen molar-refractivity contribution in [2.45, 2.75) is 57.7 Å². The lowest BCUT2D eigenvalue weighted by molar-refractivity contribution is 0.139. The van der Waals surface area contributed by atoms with Crippen molar-refractivity contribution < 1.29 is 5.11 Å². The highest BCUT2D eigenvalue weighted by molar-refractivity contribution is 4.90. The largest absolute Gasteiger partial charge is 0.396 e. The van der Waals surface area contributed by atoms with Crippen molar-refractivity contribution in [1.82, 2.24) is 4.90 Å². The lowest BCUT2D eigenvalue weighted by Crippen LogP contribution is -2.43. The summed E-state index contributed by atoms with van der Waals surface area (Å²) in [5.74, 6) is 0. The molecule has 84 valence electrons. The van der Waals surface area contributed by atoms with E-state index in [1.807, 2.05) is 0 Å². The van der Waals surface area contributed by atoms with Crippen molar-refractivity contribution >= 4 is 0 Å². The van der Waals surface area contributed by atoms with Gasteiger partial charge in [0, 0.05) is 31.3 Å². The van der Waals surface area contributed by atoms with Gasteiger partial charge in [0.2, 0.25) is 0 Å². The van der Waals surface area contributed by atoms with Crippen molar-refractivity contribution in [2.24, 2.45) is 5.73 Å². The zero-order valence-corrected chi connectivity index (χ0v) is 9.45. The highest BCUT2D eigenvalue weighted by Gasteiger charge is 2.31. The minimum absolute atomic E-state index is 0.295. The van der Waals surface area contributed by atoms with Crippen LogP contribution >= 0.6 is 0 Å². The van der Waals surface area contributed by atoms with E-state index in [1.54, 1.807) is 0 Å². The summed E-state index contributed by atoms with van der Waals surface area (Å²) in [5, 5.41) is 9.02. The second kappa shape index (κ2) is 5.69. The second-order valence-corrected chi connectivity index (χ2v) is 4.39. The smallest absolute Gasteiger partial charge is 0.0445 e. The summed E-state index contributed by atoms with van der Waals surface area (Å²) >= 11 is 0. The summed E-state index contributed by atoms with van der Waals surface area (Å²) in [6.07, 6.45) is 4.36. The summed E-state index contributed by atoms with van der Waals surface area (Å²) < 4.78 is 0. The molecule has 0 aliphatic carbocycles. The van der Waals surface area contributed by atoms with E-state index in [-0.39, 0.29) is 0 Å². The third kappa shape index (κ3) is 2.69. The fourth-order valence-electron chi connectivity index (χ4n) is 2.46. The molecule has 3 heteroatoms. The number of hydrogen-bond donors (Lipinski definition) is 2. The SMILES string of the molecule is CCCC(CCO)N1CC[C@H](N)C1C. The molecule has 0 saturated carbocycles. The number of nitrogens with zero attached hydrogens (tertiary/aromatic N) is 1. The van der Waals surface area contributed by atoms with Gasteiger partial charge < -0.3 is 10.8 Å². The zero-order chi connectivity index (χ0) is 10.6. The molecule has 1 aliphatic heterocycles. The minimum atomic E-state index is 0.295. The van der Waals surface area contributed by atoms with Crippen LogP contribution in [-0.2, 0) is 0 Å². The first kappa shape index (κ1) is 12.0. The monoisotopic (exact) mass is 200 g/mol. The van der Waals surface area contributed by atoms with Crippen LogP contribution in [-0.4, -0.2) is 41.3 Å². The Morgan fingerprint density at radius 2 is 2.21 bits per heavy atom. The number of hydrogen-bond acceptors (Lipinski definition) is 3. The van der Waals surface area contributed by atoms with Gasteiger partial charge in [-0.25, -0.2) is 0 Å². The van der Waals surface area contributed by atoms with Crippen LogP contribution in [0.1, 0.15) is 39.5 Å². The summed E-state index contributed by atoms with van der Waals surface area (Å²) in [7, 11) is 0.